The minimum absolute atomic E-state index is 0.247. The second-order valence-corrected chi connectivity index (χ2v) is 9.85. The summed E-state index contributed by atoms with van der Waals surface area (Å²) in [6.07, 6.45) is 5.24. The minimum atomic E-state index is -4.65. The molecule has 6 atom stereocenters. The van der Waals surface area contributed by atoms with Crippen LogP contribution in [0.1, 0.15) is 58.3 Å². The fourth-order valence-electron chi connectivity index (χ4n) is 6.16. The monoisotopic (exact) mass is 472 g/mol. The van der Waals surface area contributed by atoms with Gasteiger partial charge in [-0.05, 0) is 50.9 Å². The van der Waals surface area contributed by atoms with Crippen molar-refractivity contribution in [1.82, 2.24) is 0 Å². The highest BCUT2D eigenvalue weighted by Crippen LogP contribution is 2.59. The number of ether oxygens (including phenoxy) is 3. The van der Waals surface area contributed by atoms with E-state index in [1.54, 1.807) is 0 Å². The van der Waals surface area contributed by atoms with Gasteiger partial charge in [0.1, 0.15) is 12.2 Å². The molecule has 0 spiro atoms. The third kappa shape index (κ3) is 5.06. The van der Waals surface area contributed by atoms with E-state index >= 15 is 0 Å². The molecule has 0 radical (unpaired) electrons. The zero-order valence-corrected chi connectivity index (χ0v) is 18.7. The Bertz CT molecular complexity index is 786. The van der Waals surface area contributed by atoms with Crippen LogP contribution in [0.2, 0.25) is 0 Å². The first-order valence-electron chi connectivity index (χ1n) is 12.0. The third-order valence-corrected chi connectivity index (χ3v) is 7.72. The molecule has 4 aliphatic rings. The molecule has 0 aromatic rings. The molecule has 2 bridgehead atoms. The standard InChI is InChI=1S/C24H31F3O6/c1-2-3-4-5-6-13-7-9-14(10-8-13)21(28)32-19-15-11-16-18(23(30)33-20(16)19)17(15)22(29)31-12-24(25,26)27/h4-5,13-20H,2-3,6-12H2,1H3/b5-4-. The summed E-state index contributed by atoms with van der Waals surface area (Å²) >= 11 is 0. The lowest BCUT2D eigenvalue weighted by atomic mass is 9.78. The van der Waals surface area contributed by atoms with Gasteiger partial charge in [0.05, 0.1) is 17.8 Å². The highest BCUT2D eigenvalue weighted by atomic mass is 19.4. The first-order valence-corrected chi connectivity index (χ1v) is 12.0. The van der Waals surface area contributed by atoms with E-state index in [1.807, 2.05) is 0 Å². The van der Waals surface area contributed by atoms with Crippen LogP contribution < -0.4 is 0 Å². The fourth-order valence-corrected chi connectivity index (χ4v) is 6.16. The van der Waals surface area contributed by atoms with E-state index in [9.17, 15) is 27.6 Å². The maximum Gasteiger partial charge on any atom is 0.422 e. The summed E-state index contributed by atoms with van der Waals surface area (Å²) in [5.74, 6) is -4.50. The molecule has 0 amide bonds. The molecular weight excluding hydrogens is 441 g/mol. The van der Waals surface area contributed by atoms with E-state index < -0.39 is 54.7 Å². The lowest BCUT2D eigenvalue weighted by molar-refractivity contribution is -0.193. The van der Waals surface area contributed by atoms with Crippen LogP contribution in [0.4, 0.5) is 13.2 Å². The van der Waals surface area contributed by atoms with E-state index in [0.29, 0.717) is 12.3 Å². The first kappa shape index (κ1) is 24.1. The van der Waals surface area contributed by atoms with E-state index in [-0.39, 0.29) is 17.8 Å². The summed E-state index contributed by atoms with van der Waals surface area (Å²) in [6, 6.07) is 0. The summed E-state index contributed by atoms with van der Waals surface area (Å²) in [6.45, 7) is 0.434. The number of alkyl halides is 3. The van der Waals surface area contributed by atoms with Gasteiger partial charge in [0, 0.05) is 11.8 Å². The number of esters is 3. The summed E-state index contributed by atoms with van der Waals surface area (Å²) in [4.78, 5) is 37.6. The summed E-state index contributed by atoms with van der Waals surface area (Å²) in [5, 5.41) is 0. The van der Waals surface area contributed by atoms with Crippen LogP contribution in [0, 0.1) is 35.5 Å². The summed E-state index contributed by atoms with van der Waals surface area (Å²) in [5.41, 5.74) is 0. The lowest BCUT2D eigenvalue weighted by Gasteiger charge is -2.32. The number of fused-ring (bicyclic) bond motifs is 1. The van der Waals surface area contributed by atoms with Crippen molar-refractivity contribution in [2.75, 3.05) is 6.61 Å². The molecule has 33 heavy (non-hydrogen) atoms. The molecule has 184 valence electrons. The van der Waals surface area contributed by atoms with Crippen LogP contribution in [0.15, 0.2) is 12.2 Å². The predicted octanol–water partition coefficient (Wildman–Crippen LogP) is 4.36. The molecule has 6 nitrogen and oxygen atoms in total. The molecule has 0 aromatic carbocycles. The van der Waals surface area contributed by atoms with Crippen LogP contribution >= 0.6 is 0 Å². The summed E-state index contributed by atoms with van der Waals surface area (Å²) in [7, 11) is 0. The van der Waals surface area contributed by atoms with Gasteiger partial charge in [-0.25, -0.2) is 0 Å². The molecule has 0 aromatic heterocycles. The fraction of sp³-hybridized carbons (Fsp3) is 0.792. The van der Waals surface area contributed by atoms with E-state index in [4.69, 9.17) is 9.47 Å². The highest BCUT2D eigenvalue weighted by Gasteiger charge is 2.70. The van der Waals surface area contributed by atoms with Crippen LogP contribution in [-0.2, 0) is 28.6 Å². The number of unbranched alkanes of at least 4 members (excludes halogenated alkanes) is 1. The van der Waals surface area contributed by atoms with Gasteiger partial charge in [0.25, 0.3) is 0 Å². The van der Waals surface area contributed by atoms with E-state index in [1.165, 1.54) is 0 Å². The average Bonchev–Trinajstić information content (AvgIpc) is 3.39. The highest BCUT2D eigenvalue weighted by molar-refractivity contribution is 5.86. The molecule has 0 N–H and O–H groups in total. The quantitative estimate of drug-likeness (QED) is 0.297. The topological polar surface area (TPSA) is 78.9 Å². The number of carbonyl (C=O) groups is 3. The molecule has 3 aliphatic carbocycles. The number of rotatable bonds is 8. The van der Waals surface area contributed by atoms with Crippen molar-refractivity contribution < 1.29 is 41.8 Å². The molecule has 1 saturated heterocycles. The molecule has 4 fully saturated rings. The van der Waals surface area contributed by atoms with Crippen LogP contribution in [0.25, 0.3) is 0 Å². The Morgan fingerprint density at radius 1 is 1.09 bits per heavy atom. The van der Waals surface area contributed by atoms with Crippen molar-refractivity contribution >= 4 is 17.9 Å². The normalized spacial score (nSPS) is 37.4. The Kier molecular flexibility index (Phi) is 7.05. The number of halogens is 3. The van der Waals surface area contributed by atoms with Gasteiger partial charge in [-0.15, -0.1) is 0 Å². The number of hydrogen-bond donors (Lipinski definition) is 0. The molecular formula is C24H31F3O6. The van der Waals surface area contributed by atoms with Gasteiger partial charge in [0.15, 0.2) is 6.61 Å². The Morgan fingerprint density at radius 3 is 2.48 bits per heavy atom. The van der Waals surface area contributed by atoms with E-state index in [0.717, 1.165) is 44.9 Å². The molecule has 1 aliphatic heterocycles. The van der Waals surface area contributed by atoms with Crippen molar-refractivity contribution in [3.63, 3.8) is 0 Å². The maximum absolute atomic E-state index is 12.9. The Hall–Kier alpha value is -2.06. The van der Waals surface area contributed by atoms with E-state index in [2.05, 4.69) is 23.8 Å². The number of hydrogen-bond acceptors (Lipinski definition) is 6. The second-order valence-electron chi connectivity index (χ2n) is 9.85. The van der Waals surface area contributed by atoms with Gasteiger partial charge in [-0.1, -0.05) is 25.5 Å². The Balaban J connectivity index is 1.33. The van der Waals surface area contributed by atoms with Crippen molar-refractivity contribution in [3.8, 4) is 0 Å². The molecule has 4 rings (SSSR count). The lowest BCUT2D eigenvalue weighted by Crippen LogP contribution is -2.45. The Morgan fingerprint density at radius 2 is 1.82 bits per heavy atom. The third-order valence-electron chi connectivity index (χ3n) is 7.72. The van der Waals surface area contributed by atoms with Crippen LogP contribution in [0.3, 0.4) is 0 Å². The zero-order chi connectivity index (χ0) is 23.8. The first-order chi connectivity index (χ1) is 15.7. The second kappa shape index (κ2) is 9.66. The van der Waals surface area contributed by atoms with Crippen LogP contribution in [0.5, 0.6) is 0 Å². The Labute approximate surface area is 191 Å². The molecule has 9 heteroatoms. The maximum atomic E-state index is 12.9. The average molecular weight is 473 g/mol. The van der Waals surface area contributed by atoms with Crippen molar-refractivity contribution in [2.45, 2.75) is 76.7 Å². The van der Waals surface area contributed by atoms with Crippen LogP contribution in [-0.4, -0.2) is 42.9 Å². The van der Waals surface area contributed by atoms with Gasteiger partial charge in [-0.3, -0.25) is 14.4 Å². The van der Waals surface area contributed by atoms with Gasteiger partial charge in [-0.2, -0.15) is 13.2 Å². The van der Waals surface area contributed by atoms with Crippen molar-refractivity contribution in [1.29, 1.82) is 0 Å². The zero-order valence-electron chi connectivity index (χ0n) is 18.7. The predicted molar refractivity (Wildman–Crippen MR) is 109 cm³/mol. The number of carbonyl (C=O) groups excluding carboxylic acids is 3. The molecule has 3 saturated carbocycles. The van der Waals surface area contributed by atoms with Gasteiger partial charge < -0.3 is 14.2 Å². The largest absolute Gasteiger partial charge is 0.458 e. The molecule has 6 unspecified atom stereocenters. The van der Waals surface area contributed by atoms with Crippen molar-refractivity contribution in [3.05, 3.63) is 12.2 Å². The smallest absolute Gasteiger partial charge is 0.422 e. The van der Waals surface area contributed by atoms with Gasteiger partial charge in [0.2, 0.25) is 0 Å². The SMILES string of the molecule is CCC/C=C\CC1CCC(C(=O)OC2C3CC4C2OC(=O)C4C3C(=O)OCC(F)(F)F)CC1. The molecule has 1 heterocycles. The van der Waals surface area contributed by atoms with Crippen molar-refractivity contribution in [2.24, 2.45) is 35.5 Å². The minimum Gasteiger partial charge on any atom is -0.458 e. The van der Waals surface area contributed by atoms with Gasteiger partial charge >= 0.3 is 24.1 Å². The summed E-state index contributed by atoms with van der Waals surface area (Å²) < 4.78 is 53.1. The number of allylic oxidation sites excluding steroid dienone is 2.